The van der Waals surface area contributed by atoms with Crippen molar-refractivity contribution in [3.63, 3.8) is 0 Å². The highest BCUT2D eigenvalue weighted by molar-refractivity contribution is 5.76. The maximum atomic E-state index is 12.1. The van der Waals surface area contributed by atoms with Crippen LogP contribution in [-0.2, 0) is 11.8 Å². The fourth-order valence-electron chi connectivity index (χ4n) is 2.26. The van der Waals surface area contributed by atoms with E-state index in [4.69, 9.17) is 5.73 Å². The quantitative estimate of drug-likeness (QED) is 0.762. The zero-order valence-electron chi connectivity index (χ0n) is 12.3. The van der Waals surface area contributed by atoms with Gasteiger partial charge in [0.1, 0.15) is 11.9 Å². The summed E-state index contributed by atoms with van der Waals surface area (Å²) in [6.07, 6.45) is 5.79. The predicted octanol–water partition coefficient (Wildman–Crippen LogP) is 1.75. The first-order chi connectivity index (χ1) is 10.2. The second kappa shape index (κ2) is 7.59. The summed E-state index contributed by atoms with van der Waals surface area (Å²) in [6, 6.07) is 9.66. The van der Waals surface area contributed by atoms with Crippen molar-refractivity contribution in [2.45, 2.75) is 25.3 Å². The van der Waals surface area contributed by atoms with Crippen LogP contribution in [-0.4, -0.2) is 22.0 Å². The molecule has 0 saturated heterocycles. The van der Waals surface area contributed by atoms with Crippen molar-refractivity contribution >= 4 is 5.91 Å². The van der Waals surface area contributed by atoms with Crippen LogP contribution in [0.2, 0.25) is 0 Å². The number of benzene rings is 1. The van der Waals surface area contributed by atoms with E-state index in [9.17, 15) is 4.79 Å². The number of hydrogen-bond acceptors (Lipinski definition) is 3. The summed E-state index contributed by atoms with van der Waals surface area (Å²) in [5, 5.41) is 3.07. The highest BCUT2D eigenvalue weighted by atomic mass is 16.1. The number of nitrogens with one attached hydrogen (secondary N) is 1. The minimum atomic E-state index is -0.225. The number of aromatic nitrogens is 2. The first kappa shape index (κ1) is 15.3. The number of amides is 1. The van der Waals surface area contributed by atoms with Crippen molar-refractivity contribution in [2.24, 2.45) is 12.8 Å². The minimum Gasteiger partial charge on any atom is -0.342 e. The van der Waals surface area contributed by atoms with Gasteiger partial charge in [-0.25, -0.2) is 4.98 Å². The molecule has 0 fully saturated rings. The molecule has 5 nitrogen and oxygen atoms in total. The number of imidazole rings is 1. The maximum absolute atomic E-state index is 12.1. The average Bonchev–Trinajstić information content (AvgIpc) is 2.92. The van der Waals surface area contributed by atoms with Crippen molar-refractivity contribution in [1.29, 1.82) is 0 Å². The molecule has 0 aliphatic heterocycles. The van der Waals surface area contributed by atoms with Gasteiger partial charge in [-0.05, 0) is 24.9 Å². The van der Waals surface area contributed by atoms with Gasteiger partial charge >= 0.3 is 0 Å². The Labute approximate surface area is 125 Å². The topological polar surface area (TPSA) is 72.9 Å². The van der Waals surface area contributed by atoms with Gasteiger partial charge in [0.25, 0.3) is 0 Å². The molecule has 21 heavy (non-hydrogen) atoms. The van der Waals surface area contributed by atoms with Crippen molar-refractivity contribution in [1.82, 2.24) is 14.9 Å². The molecule has 2 aromatic rings. The lowest BCUT2D eigenvalue weighted by Gasteiger charge is -2.19. The predicted molar refractivity (Wildman–Crippen MR) is 82.5 cm³/mol. The number of unbranched alkanes of at least 4 members (excludes halogenated alkanes) is 1. The van der Waals surface area contributed by atoms with Crippen molar-refractivity contribution in [3.05, 3.63) is 54.1 Å². The monoisotopic (exact) mass is 286 g/mol. The summed E-state index contributed by atoms with van der Waals surface area (Å²) < 4.78 is 1.93. The molecular weight excluding hydrogens is 264 g/mol. The summed E-state index contributed by atoms with van der Waals surface area (Å²) in [7, 11) is 1.93. The number of carbonyl (C=O) groups excluding carboxylic acids is 1. The van der Waals surface area contributed by atoms with Gasteiger partial charge in [0.15, 0.2) is 0 Å². The molecule has 112 valence electrons. The van der Waals surface area contributed by atoms with Crippen LogP contribution in [0.1, 0.15) is 36.7 Å². The largest absolute Gasteiger partial charge is 0.342 e. The van der Waals surface area contributed by atoms with Crippen LogP contribution in [0.25, 0.3) is 0 Å². The number of nitrogens with two attached hydrogens (primary N) is 1. The van der Waals surface area contributed by atoms with Gasteiger partial charge in [0.2, 0.25) is 5.91 Å². The SMILES string of the molecule is Cn1ccnc1C(NC(=O)CCCCN)c1ccccc1. The summed E-state index contributed by atoms with van der Waals surface area (Å²) in [6.45, 7) is 0.620. The molecule has 1 heterocycles. The molecule has 2 rings (SSSR count). The van der Waals surface area contributed by atoms with E-state index in [1.54, 1.807) is 6.20 Å². The van der Waals surface area contributed by atoms with Gasteiger partial charge in [-0.2, -0.15) is 0 Å². The van der Waals surface area contributed by atoms with E-state index in [0.29, 0.717) is 13.0 Å². The van der Waals surface area contributed by atoms with Gasteiger partial charge in [0, 0.05) is 25.9 Å². The Morgan fingerprint density at radius 2 is 2.10 bits per heavy atom. The Hall–Kier alpha value is -2.14. The van der Waals surface area contributed by atoms with Crippen molar-refractivity contribution in [3.8, 4) is 0 Å². The van der Waals surface area contributed by atoms with Crippen molar-refractivity contribution < 1.29 is 4.79 Å². The molecule has 1 amide bonds. The molecule has 0 bridgehead atoms. The second-order valence-corrected chi connectivity index (χ2v) is 5.05. The zero-order chi connectivity index (χ0) is 15.1. The first-order valence-electron chi connectivity index (χ1n) is 7.24. The van der Waals surface area contributed by atoms with E-state index >= 15 is 0 Å². The molecule has 0 radical (unpaired) electrons. The normalized spacial score (nSPS) is 12.1. The molecule has 1 atom stereocenters. The Bertz CT molecular complexity index is 565. The third-order valence-electron chi connectivity index (χ3n) is 3.41. The third kappa shape index (κ3) is 4.16. The van der Waals surface area contributed by atoms with Crippen LogP contribution in [0.4, 0.5) is 0 Å². The molecule has 1 unspecified atom stereocenters. The highest BCUT2D eigenvalue weighted by Crippen LogP contribution is 2.20. The lowest BCUT2D eigenvalue weighted by atomic mass is 10.1. The molecule has 1 aromatic heterocycles. The van der Waals surface area contributed by atoms with Crippen LogP contribution in [0.5, 0.6) is 0 Å². The summed E-state index contributed by atoms with van der Waals surface area (Å²) in [5.41, 5.74) is 6.49. The Morgan fingerprint density at radius 3 is 2.71 bits per heavy atom. The maximum Gasteiger partial charge on any atom is 0.220 e. The fourth-order valence-corrected chi connectivity index (χ4v) is 2.26. The molecule has 0 aliphatic rings. The van der Waals surface area contributed by atoms with Crippen LogP contribution in [0, 0.1) is 0 Å². The lowest BCUT2D eigenvalue weighted by Crippen LogP contribution is -2.31. The average molecular weight is 286 g/mol. The lowest BCUT2D eigenvalue weighted by molar-refractivity contribution is -0.121. The summed E-state index contributed by atoms with van der Waals surface area (Å²) >= 11 is 0. The molecular formula is C16H22N4O. The molecule has 0 aliphatic carbocycles. The second-order valence-electron chi connectivity index (χ2n) is 5.05. The molecule has 0 spiro atoms. The molecule has 1 aromatic carbocycles. The van der Waals surface area contributed by atoms with E-state index < -0.39 is 0 Å². The Kier molecular flexibility index (Phi) is 5.51. The van der Waals surface area contributed by atoms with Gasteiger partial charge in [-0.1, -0.05) is 30.3 Å². The van der Waals surface area contributed by atoms with Gasteiger partial charge in [-0.3, -0.25) is 4.79 Å². The number of aryl methyl sites for hydroxylation is 1. The molecule has 0 saturated carbocycles. The smallest absolute Gasteiger partial charge is 0.220 e. The number of rotatable bonds is 7. The fraction of sp³-hybridized carbons (Fsp3) is 0.375. The molecule has 3 N–H and O–H groups in total. The molecule has 5 heteroatoms. The van der Waals surface area contributed by atoms with Crippen LogP contribution < -0.4 is 11.1 Å². The van der Waals surface area contributed by atoms with Crippen molar-refractivity contribution in [2.75, 3.05) is 6.54 Å². The standard InChI is InChI=1S/C16H22N4O/c1-20-12-11-18-16(20)15(13-7-3-2-4-8-13)19-14(21)9-5-6-10-17/h2-4,7-8,11-12,15H,5-6,9-10,17H2,1H3,(H,19,21). The summed E-state index contributed by atoms with van der Waals surface area (Å²) in [4.78, 5) is 16.5. The minimum absolute atomic E-state index is 0.0281. The van der Waals surface area contributed by atoms with Gasteiger partial charge in [0.05, 0.1) is 0 Å². The first-order valence-corrected chi connectivity index (χ1v) is 7.24. The van der Waals surface area contributed by atoms with Gasteiger partial charge in [-0.15, -0.1) is 0 Å². The highest BCUT2D eigenvalue weighted by Gasteiger charge is 2.20. The summed E-state index contributed by atoms with van der Waals surface area (Å²) in [5.74, 6) is 0.855. The Balaban J connectivity index is 2.14. The number of hydrogen-bond donors (Lipinski definition) is 2. The van der Waals surface area contributed by atoms with Crippen LogP contribution in [0.15, 0.2) is 42.7 Å². The van der Waals surface area contributed by atoms with E-state index in [1.807, 2.05) is 48.1 Å². The van der Waals surface area contributed by atoms with Crippen LogP contribution >= 0.6 is 0 Å². The van der Waals surface area contributed by atoms with E-state index in [-0.39, 0.29) is 11.9 Å². The van der Waals surface area contributed by atoms with E-state index in [2.05, 4.69) is 10.3 Å². The third-order valence-corrected chi connectivity index (χ3v) is 3.41. The van der Waals surface area contributed by atoms with E-state index in [1.165, 1.54) is 0 Å². The Morgan fingerprint density at radius 1 is 1.33 bits per heavy atom. The number of nitrogens with zero attached hydrogens (tertiary/aromatic N) is 2. The van der Waals surface area contributed by atoms with Crippen LogP contribution in [0.3, 0.4) is 0 Å². The van der Waals surface area contributed by atoms with E-state index in [0.717, 1.165) is 24.2 Å². The zero-order valence-corrected chi connectivity index (χ0v) is 12.3. The van der Waals surface area contributed by atoms with Gasteiger partial charge < -0.3 is 15.6 Å². The number of carbonyl (C=O) groups is 1.